The van der Waals surface area contributed by atoms with Crippen LogP contribution in [0, 0.1) is 5.92 Å². The number of fused-ring (bicyclic) bond motifs is 1. The van der Waals surface area contributed by atoms with E-state index in [2.05, 4.69) is 34.7 Å². The van der Waals surface area contributed by atoms with Crippen LogP contribution in [0.15, 0.2) is 24.4 Å². The number of nitrogens with one attached hydrogen (secondary N) is 2. The highest BCUT2D eigenvalue weighted by molar-refractivity contribution is 7.99. The van der Waals surface area contributed by atoms with Gasteiger partial charge in [-0.3, -0.25) is 4.40 Å². The molecule has 3 rings (SSSR count). The summed E-state index contributed by atoms with van der Waals surface area (Å²) in [5.41, 5.74) is 0.791. The summed E-state index contributed by atoms with van der Waals surface area (Å²) < 4.78 is 1.93. The molecule has 0 unspecified atom stereocenters. The van der Waals surface area contributed by atoms with Gasteiger partial charge >= 0.3 is 6.03 Å². The highest BCUT2D eigenvalue weighted by atomic mass is 32.2. The number of rotatable bonds is 4. The number of amides is 2. The van der Waals surface area contributed by atoms with Gasteiger partial charge in [-0.2, -0.15) is 11.8 Å². The highest BCUT2D eigenvalue weighted by Gasteiger charge is 2.25. The molecular weight excluding hydrogens is 310 g/mol. The van der Waals surface area contributed by atoms with Gasteiger partial charge < -0.3 is 10.6 Å². The van der Waals surface area contributed by atoms with Gasteiger partial charge in [-0.25, -0.2) is 4.79 Å². The summed E-state index contributed by atoms with van der Waals surface area (Å²) in [7, 11) is 0. The van der Waals surface area contributed by atoms with Gasteiger partial charge in [-0.15, -0.1) is 10.2 Å². The van der Waals surface area contributed by atoms with Crippen molar-refractivity contribution >= 4 is 23.4 Å². The first kappa shape index (κ1) is 16.1. The fourth-order valence-electron chi connectivity index (χ4n) is 2.82. The topological polar surface area (TPSA) is 71.3 Å². The van der Waals surface area contributed by atoms with Crippen molar-refractivity contribution in [1.29, 1.82) is 0 Å². The number of hydrogen-bond donors (Lipinski definition) is 2. The molecule has 1 fully saturated rings. The number of hydrogen-bond acceptors (Lipinski definition) is 4. The number of carbonyl (C=O) groups is 1. The molecule has 0 radical (unpaired) electrons. The van der Waals surface area contributed by atoms with Crippen molar-refractivity contribution in [2.24, 2.45) is 5.92 Å². The number of thioether (sulfide) groups is 1. The third-order valence-electron chi connectivity index (χ3n) is 4.07. The summed E-state index contributed by atoms with van der Waals surface area (Å²) in [6.07, 6.45) is 4.15. The predicted octanol–water partition coefficient (Wildman–Crippen LogP) is 2.62. The smallest absolute Gasteiger partial charge is 0.315 e. The van der Waals surface area contributed by atoms with Crippen molar-refractivity contribution in [2.75, 3.05) is 11.5 Å². The second kappa shape index (κ2) is 7.21. The summed E-state index contributed by atoms with van der Waals surface area (Å²) in [5, 5.41) is 14.6. The van der Waals surface area contributed by atoms with Crippen molar-refractivity contribution in [1.82, 2.24) is 25.2 Å². The van der Waals surface area contributed by atoms with Crippen molar-refractivity contribution in [3.05, 3.63) is 30.2 Å². The highest BCUT2D eigenvalue weighted by Crippen LogP contribution is 2.21. The fourth-order valence-corrected chi connectivity index (χ4v) is 3.90. The van der Waals surface area contributed by atoms with Crippen LogP contribution in [0.25, 0.3) is 5.65 Å². The summed E-state index contributed by atoms with van der Waals surface area (Å²) in [5.74, 6) is 3.17. The lowest BCUT2D eigenvalue weighted by Gasteiger charge is -2.25. The molecule has 0 spiro atoms. The van der Waals surface area contributed by atoms with Crippen LogP contribution in [0.3, 0.4) is 0 Å². The third-order valence-corrected chi connectivity index (χ3v) is 5.28. The first-order valence-electron chi connectivity index (χ1n) is 8.09. The van der Waals surface area contributed by atoms with Crippen LogP contribution in [0.1, 0.15) is 38.6 Å². The average molecular weight is 333 g/mol. The summed E-state index contributed by atoms with van der Waals surface area (Å²) >= 11 is 1.90. The van der Waals surface area contributed by atoms with E-state index in [9.17, 15) is 4.79 Å². The van der Waals surface area contributed by atoms with Gasteiger partial charge in [0.2, 0.25) is 0 Å². The van der Waals surface area contributed by atoms with Crippen LogP contribution in [0.4, 0.5) is 4.79 Å². The molecule has 7 heteroatoms. The number of pyridine rings is 1. The van der Waals surface area contributed by atoms with Gasteiger partial charge in [0.25, 0.3) is 0 Å². The third kappa shape index (κ3) is 3.77. The maximum absolute atomic E-state index is 12.4. The van der Waals surface area contributed by atoms with Gasteiger partial charge in [0.05, 0.1) is 6.04 Å². The molecule has 2 amide bonds. The SMILES string of the molecule is CC(C)[C@H](NC(=O)N[C@@H]1CCCSC1)c1nnc2ccccn12. The van der Waals surface area contributed by atoms with E-state index in [0.29, 0.717) is 0 Å². The van der Waals surface area contributed by atoms with Crippen LogP contribution < -0.4 is 10.6 Å². The lowest BCUT2D eigenvalue weighted by atomic mass is 10.0. The van der Waals surface area contributed by atoms with E-state index in [0.717, 1.165) is 30.1 Å². The second-order valence-corrected chi connectivity index (χ2v) is 7.39. The standard InChI is InChI=1S/C16H23N5OS/c1-11(2)14(15-20-19-13-7-3-4-8-21(13)15)18-16(22)17-12-6-5-9-23-10-12/h3-4,7-8,11-12,14H,5-6,9-10H2,1-2H3,(H2,17,18,22)/t12-,14+/m1/s1. The largest absolute Gasteiger partial charge is 0.335 e. The molecule has 0 aromatic carbocycles. The molecule has 23 heavy (non-hydrogen) atoms. The Hall–Kier alpha value is -1.76. The molecular formula is C16H23N5OS. The van der Waals surface area contributed by atoms with Crippen molar-refractivity contribution in [3.8, 4) is 0 Å². The molecule has 2 N–H and O–H groups in total. The Bertz CT molecular complexity index is 665. The zero-order valence-electron chi connectivity index (χ0n) is 13.5. The maximum Gasteiger partial charge on any atom is 0.315 e. The van der Waals surface area contributed by atoms with E-state index in [1.54, 1.807) is 0 Å². The van der Waals surface area contributed by atoms with E-state index in [-0.39, 0.29) is 24.0 Å². The molecule has 1 aliphatic rings. The fraction of sp³-hybridized carbons (Fsp3) is 0.562. The zero-order chi connectivity index (χ0) is 16.2. The first-order chi connectivity index (χ1) is 11.1. The van der Waals surface area contributed by atoms with Gasteiger partial charge in [-0.1, -0.05) is 19.9 Å². The van der Waals surface area contributed by atoms with Crippen molar-refractivity contribution in [2.45, 2.75) is 38.8 Å². The molecule has 6 nitrogen and oxygen atoms in total. The minimum absolute atomic E-state index is 0.121. The minimum Gasteiger partial charge on any atom is -0.335 e. The van der Waals surface area contributed by atoms with Crippen LogP contribution >= 0.6 is 11.8 Å². The first-order valence-corrected chi connectivity index (χ1v) is 9.25. The number of carbonyl (C=O) groups excluding carboxylic acids is 1. The summed E-state index contributed by atoms with van der Waals surface area (Å²) in [4.78, 5) is 12.4. The van der Waals surface area contributed by atoms with E-state index < -0.39 is 0 Å². The van der Waals surface area contributed by atoms with Crippen molar-refractivity contribution in [3.63, 3.8) is 0 Å². The van der Waals surface area contributed by atoms with E-state index in [1.807, 2.05) is 40.6 Å². The molecule has 2 aromatic heterocycles. The lowest BCUT2D eigenvalue weighted by Crippen LogP contribution is -2.46. The number of aromatic nitrogens is 3. The van der Waals surface area contributed by atoms with Gasteiger partial charge in [0.15, 0.2) is 11.5 Å². The Morgan fingerprint density at radius 3 is 3.00 bits per heavy atom. The Labute approximate surface area is 140 Å². The molecule has 2 atom stereocenters. The molecule has 1 saturated heterocycles. The number of nitrogens with zero attached hydrogens (tertiary/aromatic N) is 3. The molecule has 124 valence electrons. The minimum atomic E-state index is -0.177. The molecule has 0 saturated carbocycles. The van der Waals surface area contributed by atoms with Crippen LogP contribution in [0.2, 0.25) is 0 Å². The quantitative estimate of drug-likeness (QED) is 0.902. The predicted molar refractivity (Wildman–Crippen MR) is 92.6 cm³/mol. The Kier molecular flexibility index (Phi) is 5.05. The molecule has 1 aliphatic heterocycles. The second-order valence-electron chi connectivity index (χ2n) is 6.24. The van der Waals surface area contributed by atoms with Crippen molar-refractivity contribution < 1.29 is 4.79 Å². The maximum atomic E-state index is 12.4. The monoisotopic (exact) mass is 333 g/mol. The van der Waals surface area contributed by atoms with Gasteiger partial charge in [0.1, 0.15) is 0 Å². The van der Waals surface area contributed by atoms with Gasteiger partial charge in [-0.05, 0) is 36.6 Å². The van der Waals surface area contributed by atoms with E-state index in [1.165, 1.54) is 5.75 Å². The zero-order valence-corrected chi connectivity index (χ0v) is 14.3. The summed E-state index contributed by atoms with van der Waals surface area (Å²) in [6, 6.07) is 5.74. The molecule has 3 heterocycles. The molecule has 2 aromatic rings. The van der Waals surface area contributed by atoms with E-state index in [4.69, 9.17) is 0 Å². The summed E-state index contributed by atoms with van der Waals surface area (Å²) in [6.45, 7) is 4.15. The lowest BCUT2D eigenvalue weighted by molar-refractivity contribution is 0.228. The Morgan fingerprint density at radius 1 is 1.39 bits per heavy atom. The normalized spacial score (nSPS) is 19.7. The number of urea groups is 1. The van der Waals surface area contributed by atoms with Gasteiger partial charge in [0, 0.05) is 18.0 Å². The average Bonchev–Trinajstić information content (AvgIpc) is 2.97. The molecule has 0 aliphatic carbocycles. The Morgan fingerprint density at radius 2 is 2.26 bits per heavy atom. The van der Waals surface area contributed by atoms with Crippen LogP contribution in [-0.2, 0) is 0 Å². The Balaban J connectivity index is 1.72. The van der Waals surface area contributed by atoms with Crippen LogP contribution in [0.5, 0.6) is 0 Å². The van der Waals surface area contributed by atoms with Crippen LogP contribution in [-0.4, -0.2) is 38.2 Å². The van der Waals surface area contributed by atoms with E-state index >= 15 is 0 Å². The molecule has 0 bridgehead atoms.